The average Bonchev–Trinajstić information content (AvgIpc) is 2.36. The Hall–Kier alpha value is -0.830. The highest BCUT2D eigenvalue weighted by molar-refractivity contribution is 7.12. The van der Waals surface area contributed by atoms with E-state index < -0.39 is 5.97 Å². The van der Waals surface area contributed by atoms with Gasteiger partial charge in [0.2, 0.25) is 0 Å². The molecule has 1 rings (SSSR count). The molecule has 0 radical (unpaired) electrons. The number of carboxylic acid groups (broad SMARTS) is 1. The predicted molar refractivity (Wildman–Crippen MR) is 49.7 cm³/mol. The maximum Gasteiger partial charge on any atom is 0.308 e. The first-order valence-electron chi connectivity index (χ1n) is 4.01. The van der Waals surface area contributed by atoms with E-state index in [1.807, 2.05) is 12.1 Å². The number of rotatable bonds is 4. The molecule has 0 aliphatic rings. The van der Waals surface area contributed by atoms with Crippen molar-refractivity contribution in [2.24, 2.45) is 0 Å². The minimum atomic E-state index is -0.750. The fourth-order valence-electron chi connectivity index (χ4n) is 1.05. The van der Waals surface area contributed by atoms with E-state index in [0.717, 1.165) is 17.7 Å². The normalized spacial score (nSPS) is 10.1. The SMILES string of the molecule is CCCc1ccc(CC(=O)O)s1. The van der Waals surface area contributed by atoms with Crippen molar-refractivity contribution in [1.29, 1.82) is 0 Å². The van der Waals surface area contributed by atoms with Crippen LogP contribution in [0, 0.1) is 0 Å². The molecule has 1 heterocycles. The third-order valence-electron chi connectivity index (χ3n) is 1.54. The summed E-state index contributed by atoms with van der Waals surface area (Å²) in [5.74, 6) is -0.750. The Morgan fingerprint density at radius 1 is 1.50 bits per heavy atom. The Morgan fingerprint density at radius 3 is 2.75 bits per heavy atom. The van der Waals surface area contributed by atoms with Crippen molar-refractivity contribution in [3.05, 3.63) is 21.9 Å². The lowest BCUT2D eigenvalue weighted by Crippen LogP contribution is -1.96. The second kappa shape index (κ2) is 4.26. The number of aliphatic carboxylic acids is 1. The molecule has 0 aliphatic heterocycles. The Labute approximate surface area is 75.9 Å². The molecule has 0 spiro atoms. The lowest BCUT2D eigenvalue weighted by atomic mass is 10.3. The molecule has 0 aliphatic carbocycles. The molecule has 1 aromatic rings. The van der Waals surface area contributed by atoms with Gasteiger partial charge >= 0.3 is 5.97 Å². The number of carbonyl (C=O) groups is 1. The van der Waals surface area contributed by atoms with Gasteiger partial charge in [-0.2, -0.15) is 0 Å². The monoisotopic (exact) mass is 184 g/mol. The molecular formula is C9H12O2S. The smallest absolute Gasteiger partial charge is 0.308 e. The second-order valence-corrected chi connectivity index (χ2v) is 3.94. The van der Waals surface area contributed by atoms with Crippen molar-refractivity contribution in [2.45, 2.75) is 26.2 Å². The van der Waals surface area contributed by atoms with E-state index in [4.69, 9.17) is 5.11 Å². The fourth-order valence-corrected chi connectivity index (χ4v) is 2.16. The summed E-state index contributed by atoms with van der Waals surface area (Å²) >= 11 is 1.60. The van der Waals surface area contributed by atoms with Gasteiger partial charge in [0, 0.05) is 9.75 Å². The van der Waals surface area contributed by atoms with Crippen molar-refractivity contribution in [3.8, 4) is 0 Å². The number of carboxylic acids is 1. The summed E-state index contributed by atoms with van der Waals surface area (Å²) in [6, 6.07) is 3.93. The zero-order valence-electron chi connectivity index (χ0n) is 7.04. The summed E-state index contributed by atoms with van der Waals surface area (Å²) in [7, 11) is 0. The van der Waals surface area contributed by atoms with Crippen LogP contribution >= 0.6 is 11.3 Å². The van der Waals surface area contributed by atoms with Crippen molar-refractivity contribution in [3.63, 3.8) is 0 Å². The zero-order chi connectivity index (χ0) is 8.97. The summed E-state index contributed by atoms with van der Waals surface area (Å²) < 4.78 is 0. The lowest BCUT2D eigenvalue weighted by Gasteiger charge is -1.89. The quantitative estimate of drug-likeness (QED) is 0.779. The van der Waals surface area contributed by atoms with E-state index in [1.165, 1.54) is 4.88 Å². The highest BCUT2D eigenvalue weighted by Crippen LogP contribution is 2.18. The van der Waals surface area contributed by atoms with Crippen LogP contribution in [0.25, 0.3) is 0 Å². The highest BCUT2D eigenvalue weighted by Gasteiger charge is 2.03. The molecule has 0 unspecified atom stereocenters. The van der Waals surface area contributed by atoms with Crippen LogP contribution in [-0.2, 0) is 17.6 Å². The van der Waals surface area contributed by atoms with Crippen molar-refractivity contribution < 1.29 is 9.90 Å². The van der Waals surface area contributed by atoms with Gasteiger partial charge in [0.1, 0.15) is 0 Å². The molecule has 0 saturated carbocycles. The van der Waals surface area contributed by atoms with Crippen LogP contribution in [0.5, 0.6) is 0 Å². The molecule has 0 aromatic carbocycles. The van der Waals surface area contributed by atoms with Gasteiger partial charge in [-0.1, -0.05) is 13.3 Å². The minimum Gasteiger partial charge on any atom is -0.481 e. The minimum absolute atomic E-state index is 0.161. The van der Waals surface area contributed by atoms with Crippen LogP contribution in [-0.4, -0.2) is 11.1 Å². The Balaban J connectivity index is 2.58. The summed E-state index contributed by atoms with van der Waals surface area (Å²) in [5.41, 5.74) is 0. The molecule has 0 fully saturated rings. The molecule has 1 N–H and O–H groups in total. The summed E-state index contributed by atoms with van der Waals surface area (Å²) in [6.07, 6.45) is 2.34. The van der Waals surface area contributed by atoms with Crippen LogP contribution in [0.3, 0.4) is 0 Å². The summed E-state index contributed by atoms with van der Waals surface area (Å²) in [5, 5.41) is 8.51. The summed E-state index contributed by atoms with van der Waals surface area (Å²) in [4.78, 5) is 12.6. The molecule has 3 heteroatoms. The van der Waals surface area contributed by atoms with Crippen molar-refractivity contribution >= 4 is 17.3 Å². The van der Waals surface area contributed by atoms with Gasteiger partial charge in [-0.3, -0.25) is 4.79 Å². The standard InChI is InChI=1S/C9H12O2S/c1-2-3-7-4-5-8(12-7)6-9(10)11/h4-5H,2-3,6H2,1H3,(H,10,11). The third kappa shape index (κ3) is 2.66. The molecule has 1 aromatic heterocycles. The largest absolute Gasteiger partial charge is 0.481 e. The first-order chi connectivity index (χ1) is 5.72. The third-order valence-corrected chi connectivity index (χ3v) is 2.68. The molecular weight excluding hydrogens is 172 g/mol. The van der Waals surface area contributed by atoms with Crippen molar-refractivity contribution in [1.82, 2.24) is 0 Å². The van der Waals surface area contributed by atoms with E-state index in [9.17, 15) is 4.79 Å². The molecule has 0 amide bonds. The maximum atomic E-state index is 10.3. The molecule has 0 saturated heterocycles. The number of thiophene rings is 1. The first-order valence-corrected chi connectivity index (χ1v) is 4.83. The molecule has 2 nitrogen and oxygen atoms in total. The van der Waals surface area contributed by atoms with Gasteiger partial charge in [-0.25, -0.2) is 0 Å². The van der Waals surface area contributed by atoms with Crippen LogP contribution in [0.4, 0.5) is 0 Å². The van der Waals surface area contributed by atoms with Gasteiger partial charge in [0.15, 0.2) is 0 Å². The topological polar surface area (TPSA) is 37.3 Å². The molecule has 0 atom stereocenters. The Morgan fingerprint density at radius 2 is 2.17 bits per heavy atom. The first kappa shape index (κ1) is 9.26. The second-order valence-electron chi connectivity index (χ2n) is 2.69. The number of hydrogen-bond acceptors (Lipinski definition) is 2. The Kier molecular flexibility index (Phi) is 3.29. The van der Waals surface area contributed by atoms with Gasteiger partial charge in [-0.15, -0.1) is 11.3 Å². The van der Waals surface area contributed by atoms with Crippen LogP contribution in [0.1, 0.15) is 23.1 Å². The van der Waals surface area contributed by atoms with Gasteiger partial charge in [0.05, 0.1) is 6.42 Å². The Bertz CT molecular complexity index is 265. The lowest BCUT2D eigenvalue weighted by molar-refractivity contribution is -0.136. The number of hydrogen-bond donors (Lipinski definition) is 1. The highest BCUT2D eigenvalue weighted by atomic mass is 32.1. The van der Waals surface area contributed by atoms with E-state index in [-0.39, 0.29) is 6.42 Å². The van der Waals surface area contributed by atoms with Gasteiger partial charge in [0.25, 0.3) is 0 Å². The predicted octanol–water partition coefficient (Wildman–Crippen LogP) is 2.33. The van der Waals surface area contributed by atoms with Gasteiger partial charge in [-0.05, 0) is 18.6 Å². The zero-order valence-corrected chi connectivity index (χ0v) is 7.86. The average molecular weight is 184 g/mol. The van der Waals surface area contributed by atoms with Crippen LogP contribution in [0.2, 0.25) is 0 Å². The maximum absolute atomic E-state index is 10.3. The van der Waals surface area contributed by atoms with Crippen LogP contribution < -0.4 is 0 Å². The van der Waals surface area contributed by atoms with Crippen LogP contribution in [0.15, 0.2) is 12.1 Å². The molecule has 66 valence electrons. The molecule has 12 heavy (non-hydrogen) atoms. The summed E-state index contributed by atoms with van der Waals surface area (Å²) in [6.45, 7) is 2.12. The van der Waals surface area contributed by atoms with E-state index >= 15 is 0 Å². The van der Waals surface area contributed by atoms with Crippen molar-refractivity contribution in [2.75, 3.05) is 0 Å². The van der Waals surface area contributed by atoms with E-state index in [0.29, 0.717) is 0 Å². The van der Waals surface area contributed by atoms with E-state index in [1.54, 1.807) is 11.3 Å². The number of aryl methyl sites for hydroxylation is 1. The van der Waals surface area contributed by atoms with Gasteiger partial charge < -0.3 is 5.11 Å². The fraction of sp³-hybridized carbons (Fsp3) is 0.444. The molecule has 0 bridgehead atoms. The van der Waals surface area contributed by atoms with E-state index in [2.05, 4.69) is 6.92 Å².